The predicted octanol–water partition coefficient (Wildman–Crippen LogP) is 3.76. The number of carbonyl (C=O) groups is 1. The molecule has 168 valence electrons. The van der Waals surface area contributed by atoms with E-state index in [4.69, 9.17) is 4.74 Å². The molecule has 2 aromatic carbocycles. The van der Waals surface area contributed by atoms with Gasteiger partial charge in [0.1, 0.15) is 5.82 Å². The zero-order chi connectivity index (χ0) is 22.5. The van der Waals surface area contributed by atoms with Crippen molar-refractivity contribution in [2.45, 2.75) is 32.5 Å². The van der Waals surface area contributed by atoms with E-state index in [-0.39, 0.29) is 11.7 Å². The molecule has 0 unspecified atom stereocenters. The lowest BCUT2D eigenvalue weighted by atomic mass is 10.1. The lowest BCUT2D eigenvalue weighted by molar-refractivity contribution is -0.113. The summed E-state index contributed by atoms with van der Waals surface area (Å²) in [6.07, 6.45) is 0. The second-order valence-electron chi connectivity index (χ2n) is 8.04. The summed E-state index contributed by atoms with van der Waals surface area (Å²) in [5, 5.41) is 12.4. The van der Waals surface area contributed by atoms with Crippen molar-refractivity contribution in [3.8, 4) is 5.69 Å². The first-order valence-corrected chi connectivity index (χ1v) is 11.8. The third-order valence-electron chi connectivity index (χ3n) is 5.52. The minimum atomic E-state index is -0.0578. The largest absolute Gasteiger partial charge is 0.379 e. The Balaban J connectivity index is 1.43. The topological polar surface area (TPSA) is 72.3 Å². The summed E-state index contributed by atoms with van der Waals surface area (Å²) in [4.78, 5) is 15.1. The van der Waals surface area contributed by atoms with Crippen LogP contribution in [0.3, 0.4) is 0 Å². The monoisotopic (exact) mass is 451 g/mol. The van der Waals surface area contributed by atoms with Crippen molar-refractivity contribution in [3.63, 3.8) is 0 Å². The number of carbonyl (C=O) groups excluding carboxylic acids is 1. The normalized spacial score (nSPS) is 14.5. The molecule has 1 fully saturated rings. The van der Waals surface area contributed by atoms with Crippen molar-refractivity contribution in [1.29, 1.82) is 0 Å². The molecular weight excluding hydrogens is 422 g/mol. The number of aromatic nitrogens is 3. The van der Waals surface area contributed by atoms with Crippen LogP contribution in [-0.2, 0) is 16.1 Å². The maximum atomic E-state index is 12.8. The van der Waals surface area contributed by atoms with Gasteiger partial charge in [-0.05, 0) is 49.6 Å². The first-order chi connectivity index (χ1) is 15.5. The molecule has 4 rings (SSSR count). The molecule has 0 atom stereocenters. The van der Waals surface area contributed by atoms with Gasteiger partial charge in [0.2, 0.25) is 5.91 Å². The van der Waals surface area contributed by atoms with E-state index in [2.05, 4.69) is 58.5 Å². The lowest BCUT2D eigenvalue weighted by Crippen LogP contribution is -2.35. The SMILES string of the molecule is Cc1ccc(C)c(-n2c(C)nnc2SCC(=O)Nc2ccccc2CN2CCOCC2)c1. The van der Waals surface area contributed by atoms with E-state index in [1.165, 1.54) is 17.3 Å². The van der Waals surface area contributed by atoms with Gasteiger partial charge in [0.25, 0.3) is 0 Å². The zero-order valence-electron chi connectivity index (χ0n) is 18.8. The fourth-order valence-corrected chi connectivity index (χ4v) is 4.56. The Morgan fingerprint density at radius 1 is 1.09 bits per heavy atom. The standard InChI is InChI=1S/C24H29N5O2S/c1-17-8-9-18(2)22(14-17)29-19(3)26-27-24(29)32-16-23(30)25-21-7-5-4-6-20(21)15-28-10-12-31-13-11-28/h4-9,14H,10-13,15-16H2,1-3H3,(H,25,30). The van der Waals surface area contributed by atoms with Gasteiger partial charge in [-0.1, -0.05) is 42.1 Å². The summed E-state index contributed by atoms with van der Waals surface area (Å²) >= 11 is 1.40. The number of thioether (sulfide) groups is 1. The summed E-state index contributed by atoms with van der Waals surface area (Å²) in [6.45, 7) is 10.2. The first kappa shape index (κ1) is 22.5. The Morgan fingerprint density at radius 2 is 1.88 bits per heavy atom. The number of hydrogen-bond acceptors (Lipinski definition) is 6. The Morgan fingerprint density at radius 3 is 2.69 bits per heavy atom. The van der Waals surface area contributed by atoms with Crippen LogP contribution in [0.1, 0.15) is 22.5 Å². The lowest BCUT2D eigenvalue weighted by Gasteiger charge is -2.27. The number of hydrogen-bond donors (Lipinski definition) is 1. The van der Waals surface area contributed by atoms with Gasteiger partial charge in [-0.25, -0.2) is 0 Å². The van der Waals surface area contributed by atoms with Gasteiger partial charge < -0.3 is 10.1 Å². The molecule has 1 N–H and O–H groups in total. The third kappa shape index (κ3) is 5.38. The number of benzene rings is 2. The van der Waals surface area contributed by atoms with Crippen molar-refractivity contribution < 1.29 is 9.53 Å². The minimum Gasteiger partial charge on any atom is -0.379 e. The van der Waals surface area contributed by atoms with Gasteiger partial charge in [-0.3, -0.25) is 14.3 Å². The maximum Gasteiger partial charge on any atom is 0.234 e. The fraction of sp³-hybridized carbons (Fsp3) is 0.375. The summed E-state index contributed by atoms with van der Waals surface area (Å²) in [6, 6.07) is 14.3. The van der Waals surface area contributed by atoms with E-state index in [0.29, 0.717) is 5.16 Å². The highest BCUT2D eigenvalue weighted by molar-refractivity contribution is 7.99. The van der Waals surface area contributed by atoms with Gasteiger partial charge in [0, 0.05) is 25.3 Å². The number of aryl methyl sites for hydroxylation is 3. The highest BCUT2D eigenvalue weighted by Crippen LogP contribution is 2.25. The van der Waals surface area contributed by atoms with Crippen LogP contribution in [0.25, 0.3) is 5.69 Å². The fourth-order valence-electron chi connectivity index (χ4n) is 3.77. The number of para-hydroxylation sites is 1. The molecule has 1 amide bonds. The molecule has 0 radical (unpaired) electrons. The number of anilines is 1. The molecule has 0 aliphatic carbocycles. The quantitative estimate of drug-likeness (QED) is 0.552. The van der Waals surface area contributed by atoms with E-state index < -0.39 is 0 Å². The average molecular weight is 452 g/mol. The molecule has 7 nitrogen and oxygen atoms in total. The van der Waals surface area contributed by atoms with Crippen LogP contribution < -0.4 is 5.32 Å². The molecule has 2 heterocycles. The average Bonchev–Trinajstić information content (AvgIpc) is 3.16. The van der Waals surface area contributed by atoms with Crippen LogP contribution >= 0.6 is 11.8 Å². The number of nitrogens with one attached hydrogen (secondary N) is 1. The number of rotatable bonds is 7. The maximum absolute atomic E-state index is 12.8. The van der Waals surface area contributed by atoms with Crippen molar-refractivity contribution >= 4 is 23.4 Å². The molecule has 0 spiro atoms. The second kappa shape index (κ2) is 10.3. The van der Waals surface area contributed by atoms with E-state index in [1.54, 1.807) is 0 Å². The van der Waals surface area contributed by atoms with Gasteiger partial charge in [-0.15, -0.1) is 10.2 Å². The van der Waals surface area contributed by atoms with E-state index >= 15 is 0 Å². The Hall–Kier alpha value is -2.68. The van der Waals surface area contributed by atoms with Gasteiger partial charge in [0.05, 0.1) is 24.7 Å². The van der Waals surface area contributed by atoms with Crippen molar-refractivity contribution in [3.05, 3.63) is 65.0 Å². The van der Waals surface area contributed by atoms with E-state index in [1.807, 2.05) is 29.7 Å². The van der Waals surface area contributed by atoms with Crippen LogP contribution in [0.2, 0.25) is 0 Å². The molecule has 32 heavy (non-hydrogen) atoms. The summed E-state index contributed by atoms with van der Waals surface area (Å²) < 4.78 is 7.46. The van der Waals surface area contributed by atoms with Crippen molar-refractivity contribution in [1.82, 2.24) is 19.7 Å². The van der Waals surface area contributed by atoms with E-state index in [9.17, 15) is 4.79 Å². The Labute approximate surface area is 193 Å². The van der Waals surface area contributed by atoms with Crippen LogP contribution in [-0.4, -0.2) is 57.6 Å². The molecule has 8 heteroatoms. The second-order valence-corrected chi connectivity index (χ2v) is 8.98. The Kier molecular flexibility index (Phi) is 7.24. The van der Waals surface area contributed by atoms with Crippen molar-refractivity contribution in [2.24, 2.45) is 0 Å². The molecule has 1 aromatic heterocycles. The number of nitrogens with zero attached hydrogens (tertiary/aromatic N) is 4. The highest BCUT2D eigenvalue weighted by Gasteiger charge is 2.17. The van der Waals surface area contributed by atoms with Crippen LogP contribution in [0.4, 0.5) is 5.69 Å². The van der Waals surface area contributed by atoms with Crippen LogP contribution in [0, 0.1) is 20.8 Å². The number of morpholine rings is 1. The molecular formula is C24H29N5O2S. The molecule has 1 aliphatic rings. The van der Waals surface area contributed by atoms with Crippen LogP contribution in [0.15, 0.2) is 47.6 Å². The van der Waals surface area contributed by atoms with E-state index in [0.717, 1.165) is 61.2 Å². The van der Waals surface area contributed by atoms with Crippen LogP contribution in [0.5, 0.6) is 0 Å². The number of amides is 1. The summed E-state index contributed by atoms with van der Waals surface area (Å²) in [5.41, 5.74) is 5.33. The predicted molar refractivity (Wildman–Crippen MR) is 127 cm³/mol. The van der Waals surface area contributed by atoms with Gasteiger partial charge in [-0.2, -0.15) is 0 Å². The third-order valence-corrected chi connectivity index (χ3v) is 6.45. The summed E-state index contributed by atoms with van der Waals surface area (Å²) in [5.74, 6) is 1.00. The number of ether oxygens (including phenoxy) is 1. The smallest absolute Gasteiger partial charge is 0.234 e. The first-order valence-electron chi connectivity index (χ1n) is 10.8. The van der Waals surface area contributed by atoms with Crippen molar-refractivity contribution in [2.75, 3.05) is 37.4 Å². The van der Waals surface area contributed by atoms with Gasteiger partial charge in [0.15, 0.2) is 5.16 Å². The van der Waals surface area contributed by atoms with Gasteiger partial charge >= 0.3 is 0 Å². The Bertz CT molecular complexity index is 1090. The minimum absolute atomic E-state index is 0.0578. The highest BCUT2D eigenvalue weighted by atomic mass is 32.2. The summed E-state index contributed by atoms with van der Waals surface area (Å²) in [7, 11) is 0. The zero-order valence-corrected chi connectivity index (χ0v) is 19.6. The molecule has 1 saturated heterocycles. The molecule has 3 aromatic rings. The molecule has 1 aliphatic heterocycles. The molecule has 0 saturated carbocycles. The molecule has 0 bridgehead atoms.